The first-order chi connectivity index (χ1) is 11.2. The van der Waals surface area contributed by atoms with Crippen LogP contribution in [0.4, 0.5) is 11.6 Å². The summed E-state index contributed by atoms with van der Waals surface area (Å²) in [4.78, 5) is 13.2. The van der Waals surface area contributed by atoms with Crippen LogP contribution >= 0.6 is 23.2 Å². The highest BCUT2D eigenvalue weighted by Gasteiger charge is 2.22. The average Bonchev–Trinajstić information content (AvgIpc) is 3.04. The molecule has 0 atom stereocenters. The SMILES string of the molecule is Clc1cnc(N2CCN(c3ncnn4cccc34)CC2)c(Cl)c1. The lowest BCUT2D eigenvalue weighted by Crippen LogP contribution is -2.47. The number of hydrogen-bond acceptors (Lipinski definition) is 5. The Balaban J connectivity index is 1.54. The van der Waals surface area contributed by atoms with Crippen LogP contribution in [0.3, 0.4) is 0 Å². The maximum Gasteiger partial charge on any atom is 0.156 e. The molecular formula is C15H14Cl2N6. The molecule has 0 radical (unpaired) electrons. The van der Waals surface area contributed by atoms with E-state index in [0.717, 1.165) is 43.3 Å². The molecule has 8 heteroatoms. The molecule has 1 saturated heterocycles. The number of halogens is 2. The lowest BCUT2D eigenvalue weighted by Gasteiger charge is -2.36. The maximum absolute atomic E-state index is 6.25. The number of aromatic nitrogens is 4. The predicted octanol–water partition coefficient (Wildman–Crippen LogP) is 2.76. The molecule has 4 heterocycles. The number of hydrogen-bond donors (Lipinski definition) is 0. The van der Waals surface area contributed by atoms with Gasteiger partial charge in [0.05, 0.1) is 10.0 Å². The predicted molar refractivity (Wildman–Crippen MR) is 91.7 cm³/mol. The van der Waals surface area contributed by atoms with Crippen molar-refractivity contribution in [1.82, 2.24) is 19.6 Å². The van der Waals surface area contributed by atoms with Gasteiger partial charge in [-0.2, -0.15) is 5.10 Å². The zero-order valence-corrected chi connectivity index (χ0v) is 13.7. The Labute approximate surface area is 143 Å². The maximum atomic E-state index is 6.25. The van der Waals surface area contributed by atoms with Crippen LogP contribution in [0.2, 0.25) is 10.0 Å². The standard InChI is InChI=1S/C15H14Cl2N6/c16-11-8-12(17)14(18-9-11)21-4-6-22(7-5-21)15-13-2-1-3-23(13)20-10-19-15/h1-3,8-10H,4-7H2. The Morgan fingerprint density at radius 1 is 0.957 bits per heavy atom. The zero-order valence-electron chi connectivity index (χ0n) is 12.2. The molecule has 23 heavy (non-hydrogen) atoms. The third-order valence-electron chi connectivity index (χ3n) is 3.98. The number of piperazine rings is 1. The summed E-state index contributed by atoms with van der Waals surface area (Å²) in [6, 6.07) is 5.73. The summed E-state index contributed by atoms with van der Waals surface area (Å²) >= 11 is 12.2. The molecule has 0 saturated carbocycles. The number of pyridine rings is 1. The summed E-state index contributed by atoms with van der Waals surface area (Å²) in [5.74, 6) is 1.74. The molecule has 0 N–H and O–H groups in total. The van der Waals surface area contributed by atoms with E-state index in [2.05, 4.69) is 24.9 Å². The van der Waals surface area contributed by atoms with Crippen LogP contribution in [-0.2, 0) is 0 Å². The van der Waals surface area contributed by atoms with Gasteiger partial charge in [0.1, 0.15) is 17.7 Å². The van der Waals surface area contributed by atoms with Crippen molar-refractivity contribution in [2.75, 3.05) is 36.0 Å². The Kier molecular flexibility index (Phi) is 3.71. The molecular weight excluding hydrogens is 335 g/mol. The smallest absolute Gasteiger partial charge is 0.156 e. The fourth-order valence-corrected chi connectivity index (χ4v) is 3.37. The Bertz CT molecular complexity index is 841. The number of fused-ring (bicyclic) bond motifs is 1. The normalized spacial score (nSPS) is 15.4. The van der Waals surface area contributed by atoms with Gasteiger partial charge in [0.15, 0.2) is 5.82 Å². The van der Waals surface area contributed by atoms with Crippen LogP contribution in [0.5, 0.6) is 0 Å². The first-order valence-electron chi connectivity index (χ1n) is 7.32. The van der Waals surface area contributed by atoms with E-state index in [-0.39, 0.29) is 0 Å². The summed E-state index contributed by atoms with van der Waals surface area (Å²) in [7, 11) is 0. The first kappa shape index (κ1) is 14.5. The van der Waals surface area contributed by atoms with Crippen LogP contribution < -0.4 is 9.80 Å². The van der Waals surface area contributed by atoms with Crippen molar-refractivity contribution in [2.24, 2.45) is 0 Å². The fourth-order valence-electron chi connectivity index (χ4n) is 2.87. The van der Waals surface area contributed by atoms with Crippen molar-refractivity contribution in [1.29, 1.82) is 0 Å². The Hall–Kier alpha value is -2.05. The van der Waals surface area contributed by atoms with Crippen molar-refractivity contribution in [3.8, 4) is 0 Å². The van der Waals surface area contributed by atoms with Crippen molar-refractivity contribution in [3.63, 3.8) is 0 Å². The van der Waals surface area contributed by atoms with E-state index in [1.54, 1.807) is 18.6 Å². The number of rotatable bonds is 2. The van der Waals surface area contributed by atoms with Crippen molar-refractivity contribution >= 4 is 40.4 Å². The topological polar surface area (TPSA) is 49.6 Å². The molecule has 0 spiro atoms. The van der Waals surface area contributed by atoms with E-state index in [1.807, 2.05) is 22.8 Å². The molecule has 1 fully saturated rings. The molecule has 0 amide bonds. The minimum atomic E-state index is 0.550. The van der Waals surface area contributed by atoms with Gasteiger partial charge in [-0.1, -0.05) is 23.2 Å². The third-order valence-corrected chi connectivity index (χ3v) is 4.47. The molecule has 6 nitrogen and oxygen atoms in total. The molecule has 1 aliphatic rings. The average molecular weight is 349 g/mol. The highest BCUT2D eigenvalue weighted by molar-refractivity contribution is 6.36. The van der Waals surface area contributed by atoms with E-state index < -0.39 is 0 Å². The third kappa shape index (κ3) is 2.68. The van der Waals surface area contributed by atoms with Gasteiger partial charge in [0, 0.05) is 38.6 Å². The molecule has 0 bridgehead atoms. The summed E-state index contributed by atoms with van der Waals surface area (Å²) in [5, 5.41) is 5.34. The summed E-state index contributed by atoms with van der Waals surface area (Å²) in [6.07, 6.45) is 5.14. The summed E-state index contributed by atoms with van der Waals surface area (Å²) in [5.41, 5.74) is 1.02. The lowest BCUT2D eigenvalue weighted by molar-refractivity contribution is 0.640. The van der Waals surface area contributed by atoms with Gasteiger partial charge >= 0.3 is 0 Å². The van der Waals surface area contributed by atoms with Crippen molar-refractivity contribution in [2.45, 2.75) is 0 Å². The zero-order chi connectivity index (χ0) is 15.8. The van der Waals surface area contributed by atoms with Crippen LogP contribution in [0.1, 0.15) is 0 Å². The first-order valence-corrected chi connectivity index (χ1v) is 8.07. The van der Waals surface area contributed by atoms with Crippen molar-refractivity contribution in [3.05, 3.63) is 47.0 Å². The van der Waals surface area contributed by atoms with Gasteiger partial charge in [0.25, 0.3) is 0 Å². The van der Waals surface area contributed by atoms with Gasteiger partial charge in [-0.05, 0) is 18.2 Å². The van der Waals surface area contributed by atoms with Gasteiger partial charge in [-0.15, -0.1) is 0 Å². The van der Waals surface area contributed by atoms with Crippen LogP contribution in [0.25, 0.3) is 5.52 Å². The quantitative estimate of drug-likeness (QED) is 0.712. The van der Waals surface area contributed by atoms with Gasteiger partial charge in [-0.25, -0.2) is 14.5 Å². The van der Waals surface area contributed by atoms with E-state index >= 15 is 0 Å². The largest absolute Gasteiger partial charge is 0.352 e. The monoisotopic (exact) mass is 348 g/mol. The van der Waals surface area contributed by atoms with E-state index in [0.29, 0.717) is 10.0 Å². The van der Waals surface area contributed by atoms with Gasteiger partial charge < -0.3 is 9.80 Å². The van der Waals surface area contributed by atoms with E-state index in [1.165, 1.54) is 0 Å². The Morgan fingerprint density at radius 2 is 1.70 bits per heavy atom. The highest BCUT2D eigenvalue weighted by Crippen LogP contribution is 2.28. The van der Waals surface area contributed by atoms with Crippen LogP contribution in [0.15, 0.2) is 36.9 Å². The second-order valence-corrected chi connectivity index (χ2v) is 6.20. The van der Waals surface area contributed by atoms with Crippen molar-refractivity contribution < 1.29 is 0 Å². The van der Waals surface area contributed by atoms with E-state index in [9.17, 15) is 0 Å². The van der Waals surface area contributed by atoms with Gasteiger partial charge in [-0.3, -0.25) is 0 Å². The molecule has 4 rings (SSSR count). The molecule has 118 valence electrons. The molecule has 0 aliphatic carbocycles. The van der Waals surface area contributed by atoms with Crippen LogP contribution in [0, 0.1) is 0 Å². The molecule has 3 aromatic rings. The van der Waals surface area contributed by atoms with Crippen LogP contribution in [-0.4, -0.2) is 45.8 Å². The highest BCUT2D eigenvalue weighted by atomic mass is 35.5. The van der Waals surface area contributed by atoms with E-state index in [4.69, 9.17) is 23.2 Å². The van der Waals surface area contributed by atoms with Gasteiger partial charge in [0.2, 0.25) is 0 Å². The number of anilines is 2. The molecule has 0 aromatic carbocycles. The number of nitrogens with zero attached hydrogens (tertiary/aromatic N) is 6. The minimum Gasteiger partial charge on any atom is -0.352 e. The Morgan fingerprint density at radius 3 is 2.43 bits per heavy atom. The minimum absolute atomic E-state index is 0.550. The summed E-state index contributed by atoms with van der Waals surface area (Å²) < 4.78 is 1.84. The lowest BCUT2D eigenvalue weighted by atomic mass is 10.3. The molecule has 3 aromatic heterocycles. The summed E-state index contributed by atoms with van der Waals surface area (Å²) in [6.45, 7) is 3.34. The molecule has 1 aliphatic heterocycles. The second-order valence-electron chi connectivity index (χ2n) is 5.35. The molecule has 0 unspecified atom stereocenters. The second kappa shape index (κ2) is 5.86. The fraction of sp³-hybridized carbons (Fsp3) is 0.267.